The second-order valence-corrected chi connectivity index (χ2v) is 16.0. The minimum absolute atomic E-state index is 0.0494. The van der Waals surface area contributed by atoms with Crippen LogP contribution in [0.3, 0.4) is 0 Å². The van der Waals surface area contributed by atoms with Crippen molar-refractivity contribution in [3.05, 3.63) is 12.7 Å². The first-order valence-electron chi connectivity index (χ1n) is 17.1. The van der Waals surface area contributed by atoms with Gasteiger partial charge in [0.15, 0.2) is 0 Å². The number of hydrogen-bond donors (Lipinski definition) is 4. The number of nitrogens with zero attached hydrogens (tertiary/aromatic N) is 2. The summed E-state index contributed by atoms with van der Waals surface area (Å²) < 4.78 is 0. The molecule has 4 N–H and O–H groups in total. The van der Waals surface area contributed by atoms with E-state index in [0.717, 1.165) is 12.8 Å². The number of hydrogen-bond acceptors (Lipinski definition) is 6. The molecule has 47 heavy (non-hydrogen) atoms. The minimum atomic E-state index is -1.01. The molecule has 2 saturated heterocycles. The molecule has 266 valence electrons. The fourth-order valence-corrected chi connectivity index (χ4v) is 5.93. The van der Waals surface area contributed by atoms with Crippen molar-refractivity contribution in [2.45, 2.75) is 131 Å². The highest BCUT2D eigenvalue weighted by Crippen LogP contribution is 2.32. The third-order valence-corrected chi connectivity index (χ3v) is 9.13. The average Bonchev–Trinajstić information content (AvgIpc) is 3.46. The number of Topliss-reactive ketones (excluding diaryl/α,β-unsaturated/α-hetero) is 1. The van der Waals surface area contributed by atoms with Crippen LogP contribution in [0.15, 0.2) is 12.7 Å². The van der Waals surface area contributed by atoms with Crippen molar-refractivity contribution < 1.29 is 28.8 Å². The zero-order valence-corrected chi connectivity index (χ0v) is 30.2. The van der Waals surface area contributed by atoms with Crippen LogP contribution < -0.4 is 21.3 Å². The first-order valence-corrected chi connectivity index (χ1v) is 17.1. The molecule has 2 aliphatic heterocycles. The van der Waals surface area contributed by atoms with Gasteiger partial charge in [-0.2, -0.15) is 0 Å². The van der Waals surface area contributed by atoms with Crippen LogP contribution in [0.5, 0.6) is 0 Å². The van der Waals surface area contributed by atoms with E-state index in [1.807, 2.05) is 53.4 Å². The molecule has 12 heteroatoms. The lowest BCUT2D eigenvalue weighted by Gasteiger charge is -2.41. The van der Waals surface area contributed by atoms with Crippen LogP contribution in [0.4, 0.5) is 4.79 Å². The summed E-state index contributed by atoms with van der Waals surface area (Å²) in [5.74, 6) is -2.36. The van der Waals surface area contributed by atoms with Crippen molar-refractivity contribution in [1.82, 2.24) is 31.1 Å². The van der Waals surface area contributed by atoms with Gasteiger partial charge in [-0.1, -0.05) is 81.2 Å². The predicted octanol–water partition coefficient (Wildman–Crippen LogP) is 3.30. The highest BCUT2D eigenvalue weighted by atomic mass is 16.2. The van der Waals surface area contributed by atoms with Crippen molar-refractivity contribution in [3.8, 4) is 0 Å². The second kappa shape index (κ2) is 16.6. The molecule has 0 aliphatic carbocycles. The lowest BCUT2D eigenvalue weighted by atomic mass is 9.81. The molecule has 6 amide bonds. The summed E-state index contributed by atoms with van der Waals surface area (Å²) in [5, 5.41) is 11.1. The predicted molar refractivity (Wildman–Crippen MR) is 182 cm³/mol. The zero-order chi connectivity index (χ0) is 35.7. The Kier molecular flexibility index (Phi) is 14.0. The summed E-state index contributed by atoms with van der Waals surface area (Å²) >= 11 is 0. The van der Waals surface area contributed by atoms with Gasteiger partial charge in [0.05, 0.1) is 12.1 Å². The van der Waals surface area contributed by atoms with Crippen LogP contribution in [0, 0.1) is 16.2 Å². The standard InChI is InChI=1S/C35H60N6O6/c1-11-13-15-23(27(43)30(45)36-18-12-2)37-29(44)24-16-14-19-41(24)31(46)28(34(6,7)8)39-32(47)38-25(33(3,4)5)22-40-20-17-35(9,10)21-26(40)42/h12,23-25,28H,2,11,13-22H2,1,3-10H3,(H,36,45)(H,37,44)(H2,38,39,47)/t23?,24-,25+,28+/m0/s1. The summed E-state index contributed by atoms with van der Waals surface area (Å²) in [6, 6.07) is -3.73. The van der Waals surface area contributed by atoms with Crippen molar-refractivity contribution in [3.63, 3.8) is 0 Å². The minimum Gasteiger partial charge on any atom is -0.346 e. The molecule has 12 nitrogen and oxygen atoms in total. The van der Waals surface area contributed by atoms with E-state index in [1.54, 1.807) is 0 Å². The topological polar surface area (TPSA) is 157 Å². The summed E-state index contributed by atoms with van der Waals surface area (Å²) in [7, 11) is 0. The number of urea groups is 1. The maximum atomic E-state index is 14.1. The maximum Gasteiger partial charge on any atom is 0.315 e. The lowest BCUT2D eigenvalue weighted by Crippen LogP contribution is -2.62. The van der Waals surface area contributed by atoms with Crippen LogP contribution in [-0.2, 0) is 24.0 Å². The third kappa shape index (κ3) is 11.6. The molecule has 0 radical (unpaired) electrons. The monoisotopic (exact) mass is 660 g/mol. The molecule has 0 aromatic rings. The molecule has 0 aromatic carbocycles. The van der Waals surface area contributed by atoms with Crippen molar-refractivity contribution in [2.75, 3.05) is 26.2 Å². The average molecular weight is 661 g/mol. The molecule has 0 aromatic heterocycles. The smallest absolute Gasteiger partial charge is 0.315 e. The van der Waals surface area contributed by atoms with E-state index in [9.17, 15) is 28.8 Å². The lowest BCUT2D eigenvalue weighted by molar-refractivity contribution is -0.143. The van der Waals surface area contributed by atoms with Gasteiger partial charge < -0.3 is 31.1 Å². The van der Waals surface area contributed by atoms with E-state index in [4.69, 9.17) is 0 Å². The first-order chi connectivity index (χ1) is 21.7. The van der Waals surface area contributed by atoms with E-state index in [2.05, 4.69) is 41.7 Å². The number of carbonyl (C=O) groups is 6. The highest BCUT2D eigenvalue weighted by molar-refractivity contribution is 6.38. The van der Waals surface area contributed by atoms with Gasteiger partial charge in [0.25, 0.3) is 5.91 Å². The molecular formula is C35H60N6O6. The Morgan fingerprint density at radius 2 is 1.66 bits per heavy atom. The number of rotatable bonds is 14. The maximum absolute atomic E-state index is 14.1. The molecule has 2 rings (SSSR count). The second-order valence-electron chi connectivity index (χ2n) is 16.0. The van der Waals surface area contributed by atoms with Crippen LogP contribution in [0.25, 0.3) is 0 Å². The van der Waals surface area contributed by atoms with E-state index in [0.29, 0.717) is 51.7 Å². The molecule has 2 fully saturated rings. The van der Waals surface area contributed by atoms with E-state index < -0.39 is 53.1 Å². The van der Waals surface area contributed by atoms with E-state index >= 15 is 0 Å². The van der Waals surface area contributed by atoms with Gasteiger partial charge in [-0.3, -0.25) is 24.0 Å². The largest absolute Gasteiger partial charge is 0.346 e. The summed E-state index contributed by atoms with van der Waals surface area (Å²) in [6.45, 7) is 22.6. The Bertz CT molecular complexity index is 1170. The van der Waals surface area contributed by atoms with Gasteiger partial charge in [-0.25, -0.2) is 4.79 Å². The van der Waals surface area contributed by atoms with Gasteiger partial charge >= 0.3 is 6.03 Å². The van der Waals surface area contributed by atoms with Crippen LogP contribution in [0.2, 0.25) is 0 Å². The van der Waals surface area contributed by atoms with Crippen molar-refractivity contribution in [2.24, 2.45) is 16.2 Å². The van der Waals surface area contributed by atoms with Gasteiger partial charge in [0.2, 0.25) is 23.5 Å². The molecule has 2 heterocycles. The quantitative estimate of drug-likeness (QED) is 0.166. The Morgan fingerprint density at radius 1 is 1.00 bits per heavy atom. The fourth-order valence-electron chi connectivity index (χ4n) is 5.93. The van der Waals surface area contributed by atoms with Crippen LogP contribution >= 0.6 is 0 Å². The molecule has 0 saturated carbocycles. The highest BCUT2D eigenvalue weighted by Gasteiger charge is 2.43. The number of nitrogens with one attached hydrogen (secondary N) is 4. The van der Waals surface area contributed by atoms with Gasteiger partial charge in [0.1, 0.15) is 12.1 Å². The summed E-state index contributed by atoms with van der Waals surface area (Å²) in [6.07, 6.45) is 5.46. The number of unbranched alkanes of at least 4 members (excludes halogenated alkanes) is 1. The van der Waals surface area contributed by atoms with Crippen molar-refractivity contribution in [1.29, 1.82) is 0 Å². The molecule has 4 atom stereocenters. The fraction of sp³-hybridized carbons (Fsp3) is 0.771. The Balaban J connectivity index is 2.19. The normalized spacial score (nSPS) is 20.1. The molecule has 2 aliphatic rings. The number of piperidine rings is 1. The molecule has 0 spiro atoms. The molecule has 0 bridgehead atoms. The Labute approximate surface area is 281 Å². The number of amides is 6. The number of ketones is 1. The zero-order valence-electron chi connectivity index (χ0n) is 30.2. The summed E-state index contributed by atoms with van der Waals surface area (Å²) in [4.78, 5) is 82.6. The van der Waals surface area contributed by atoms with Gasteiger partial charge in [-0.05, 0) is 41.9 Å². The summed E-state index contributed by atoms with van der Waals surface area (Å²) in [5.41, 5.74) is -1.13. The first kappa shape index (κ1) is 39.7. The van der Waals surface area contributed by atoms with Gasteiger partial charge in [0, 0.05) is 32.6 Å². The Morgan fingerprint density at radius 3 is 2.21 bits per heavy atom. The Hall–Kier alpha value is -3.44. The van der Waals surface area contributed by atoms with Crippen LogP contribution in [0.1, 0.15) is 107 Å². The van der Waals surface area contributed by atoms with Crippen molar-refractivity contribution >= 4 is 35.4 Å². The van der Waals surface area contributed by atoms with Crippen LogP contribution in [-0.4, -0.2) is 95.6 Å². The molecule has 1 unspecified atom stereocenters. The third-order valence-electron chi connectivity index (χ3n) is 9.13. The number of carbonyl (C=O) groups excluding carboxylic acids is 6. The van der Waals surface area contributed by atoms with E-state index in [-0.39, 0.29) is 29.3 Å². The number of likely N-dealkylation sites (tertiary alicyclic amines) is 2. The van der Waals surface area contributed by atoms with E-state index in [1.165, 1.54) is 11.0 Å². The SMILES string of the molecule is C=CCNC(=O)C(=O)C(CCCC)NC(=O)[C@@H]1CCCN1C(=O)[C@@H](NC(=O)N[C@H](CN1CCC(C)(C)CC1=O)C(C)(C)C)C(C)(C)C. The molecular weight excluding hydrogens is 600 g/mol. The van der Waals surface area contributed by atoms with Gasteiger partial charge in [-0.15, -0.1) is 6.58 Å².